The Bertz CT molecular complexity index is 538. The molecular formula is C14H15NO4. The normalized spacial score (nSPS) is 18.4. The molecule has 2 atom stereocenters. The molecule has 1 amide bonds. The second-order valence-electron chi connectivity index (χ2n) is 4.59. The van der Waals surface area contributed by atoms with Gasteiger partial charge in [-0.3, -0.25) is 9.59 Å². The number of ether oxygens (including phenoxy) is 1. The van der Waals surface area contributed by atoms with Gasteiger partial charge in [-0.2, -0.15) is 0 Å². The molecule has 1 aromatic carbocycles. The van der Waals surface area contributed by atoms with Crippen LogP contribution in [0.3, 0.4) is 0 Å². The standard InChI is InChI=1S/C14H15NO4/c1-8(16)7-10(14(18)19-2)12-9-5-3-4-6-11(9)15-13(12)17/h3-6,10,12H,7H2,1-2H3,(H,15,17). The number of anilines is 1. The molecule has 5 heteroatoms. The lowest BCUT2D eigenvalue weighted by molar-refractivity contribution is -0.149. The van der Waals surface area contributed by atoms with Gasteiger partial charge in [0, 0.05) is 12.1 Å². The van der Waals surface area contributed by atoms with E-state index >= 15 is 0 Å². The van der Waals surface area contributed by atoms with Crippen molar-refractivity contribution < 1.29 is 19.1 Å². The van der Waals surface area contributed by atoms with Crippen molar-refractivity contribution in [1.82, 2.24) is 0 Å². The van der Waals surface area contributed by atoms with Gasteiger partial charge in [0.05, 0.1) is 18.9 Å². The molecule has 1 heterocycles. The van der Waals surface area contributed by atoms with Gasteiger partial charge in [-0.25, -0.2) is 0 Å². The molecule has 1 aromatic rings. The second kappa shape index (κ2) is 5.22. The first-order valence-electron chi connectivity index (χ1n) is 6.01. The summed E-state index contributed by atoms with van der Waals surface area (Å²) < 4.78 is 4.72. The van der Waals surface area contributed by atoms with Crippen molar-refractivity contribution in [1.29, 1.82) is 0 Å². The van der Waals surface area contributed by atoms with Crippen molar-refractivity contribution in [3.63, 3.8) is 0 Å². The molecule has 0 aromatic heterocycles. The molecule has 5 nitrogen and oxygen atoms in total. The molecule has 100 valence electrons. The number of para-hydroxylation sites is 1. The number of rotatable bonds is 4. The van der Waals surface area contributed by atoms with Crippen molar-refractivity contribution >= 4 is 23.3 Å². The number of Topliss-reactive ketones (excluding diaryl/α,β-unsaturated/α-hetero) is 1. The summed E-state index contributed by atoms with van der Waals surface area (Å²) in [5.74, 6) is -2.38. The van der Waals surface area contributed by atoms with Crippen molar-refractivity contribution in [3.8, 4) is 0 Å². The summed E-state index contributed by atoms with van der Waals surface area (Å²) in [6.45, 7) is 1.40. The molecular weight excluding hydrogens is 246 g/mol. The second-order valence-corrected chi connectivity index (χ2v) is 4.59. The summed E-state index contributed by atoms with van der Waals surface area (Å²) in [6.07, 6.45) is -0.000899. The van der Waals surface area contributed by atoms with Crippen LogP contribution in [0.25, 0.3) is 0 Å². The quantitative estimate of drug-likeness (QED) is 0.833. The summed E-state index contributed by atoms with van der Waals surface area (Å²) in [4.78, 5) is 35.2. The van der Waals surface area contributed by atoms with Crippen molar-refractivity contribution in [2.75, 3.05) is 12.4 Å². The Kier molecular flexibility index (Phi) is 3.64. The third kappa shape index (κ3) is 2.50. The third-order valence-corrected chi connectivity index (χ3v) is 3.25. The predicted octanol–water partition coefficient (Wildman–Crippen LogP) is 1.49. The van der Waals surface area contributed by atoms with E-state index < -0.39 is 17.8 Å². The molecule has 0 aliphatic carbocycles. The summed E-state index contributed by atoms with van der Waals surface area (Å²) in [7, 11) is 1.26. The summed E-state index contributed by atoms with van der Waals surface area (Å²) in [5, 5.41) is 2.72. The fourth-order valence-corrected chi connectivity index (χ4v) is 2.43. The van der Waals surface area contributed by atoms with Gasteiger partial charge in [0.15, 0.2) is 0 Å². The molecule has 0 spiro atoms. The van der Waals surface area contributed by atoms with Gasteiger partial charge in [0.25, 0.3) is 0 Å². The lowest BCUT2D eigenvalue weighted by Crippen LogP contribution is -2.30. The van der Waals surface area contributed by atoms with Crippen molar-refractivity contribution in [2.45, 2.75) is 19.3 Å². The highest BCUT2D eigenvalue weighted by Gasteiger charge is 2.41. The van der Waals surface area contributed by atoms with E-state index in [1.54, 1.807) is 24.3 Å². The molecule has 0 saturated heterocycles. The first kappa shape index (κ1) is 13.3. The average Bonchev–Trinajstić information content (AvgIpc) is 2.70. The maximum absolute atomic E-state index is 12.0. The molecule has 0 bridgehead atoms. The zero-order chi connectivity index (χ0) is 14.0. The Hall–Kier alpha value is -2.17. The van der Waals surface area contributed by atoms with Crippen LogP contribution in [0, 0.1) is 5.92 Å². The molecule has 1 aliphatic rings. The van der Waals surface area contributed by atoms with Crippen LogP contribution in [0.2, 0.25) is 0 Å². The number of esters is 1. The minimum Gasteiger partial charge on any atom is -0.469 e. The number of ketones is 1. The summed E-state index contributed by atoms with van der Waals surface area (Å²) in [5.41, 5.74) is 1.43. The molecule has 0 fully saturated rings. The van der Waals surface area contributed by atoms with E-state index in [1.165, 1.54) is 14.0 Å². The number of amides is 1. The molecule has 1 aliphatic heterocycles. The van der Waals surface area contributed by atoms with Crippen LogP contribution in [-0.4, -0.2) is 24.8 Å². The Morgan fingerprint density at radius 2 is 2.05 bits per heavy atom. The molecule has 2 rings (SSSR count). The highest BCUT2D eigenvalue weighted by Crippen LogP contribution is 2.39. The Balaban J connectivity index is 2.39. The maximum Gasteiger partial charge on any atom is 0.310 e. The van der Waals surface area contributed by atoms with Crippen LogP contribution in [0.4, 0.5) is 5.69 Å². The van der Waals surface area contributed by atoms with E-state index in [-0.39, 0.29) is 18.1 Å². The van der Waals surface area contributed by atoms with E-state index in [0.717, 1.165) is 5.56 Å². The van der Waals surface area contributed by atoms with Gasteiger partial charge in [0.2, 0.25) is 5.91 Å². The number of fused-ring (bicyclic) bond motifs is 1. The van der Waals surface area contributed by atoms with Gasteiger partial charge in [0.1, 0.15) is 5.78 Å². The van der Waals surface area contributed by atoms with E-state index in [9.17, 15) is 14.4 Å². The number of hydrogen-bond acceptors (Lipinski definition) is 4. The first-order valence-corrected chi connectivity index (χ1v) is 6.01. The van der Waals surface area contributed by atoms with Crippen molar-refractivity contribution in [2.24, 2.45) is 5.92 Å². The van der Waals surface area contributed by atoms with Crippen molar-refractivity contribution in [3.05, 3.63) is 29.8 Å². The van der Waals surface area contributed by atoms with Crippen LogP contribution in [0.5, 0.6) is 0 Å². The zero-order valence-electron chi connectivity index (χ0n) is 10.8. The predicted molar refractivity (Wildman–Crippen MR) is 68.6 cm³/mol. The van der Waals surface area contributed by atoms with Crippen LogP contribution in [0.1, 0.15) is 24.8 Å². The zero-order valence-corrected chi connectivity index (χ0v) is 10.8. The number of nitrogens with one attached hydrogen (secondary N) is 1. The van der Waals surface area contributed by atoms with E-state index in [1.807, 2.05) is 0 Å². The van der Waals surface area contributed by atoms with Crippen LogP contribution in [0.15, 0.2) is 24.3 Å². The molecule has 2 unspecified atom stereocenters. The van der Waals surface area contributed by atoms with Gasteiger partial charge in [-0.05, 0) is 18.6 Å². The first-order chi connectivity index (χ1) is 9.04. The monoisotopic (exact) mass is 261 g/mol. The van der Waals surface area contributed by atoms with Crippen LogP contribution in [-0.2, 0) is 19.1 Å². The smallest absolute Gasteiger partial charge is 0.310 e. The van der Waals surface area contributed by atoms with Gasteiger partial charge in [-0.15, -0.1) is 0 Å². The number of methoxy groups -OCH3 is 1. The minimum atomic E-state index is -0.772. The molecule has 0 saturated carbocycles. The molecule has 19 heavy (non-hydrogen) atoms. The van der Waals surface area contributed by atoms with Gasteiger partial charge < -0.3 is 14.8 Å². The fourth-order valence-electron chi connectivity index (χ4n) is 2.43. The van der Waals surface area contributed by atoms with E-state index in [4.69, 9.17) is 4.74 Å². The number of hydrogen-bond donors (Lipinski definition) is 1. The van der Waals surface area contributed by atoms with E-state index in [2.05, 4.69) is 5.32 Å². The van der Waals surface area contributed by atoms with Crippen LogP contribution >= 0.6 is 0 Å². The largest absolute Gasteiger partial charge is 0.469 e. The number of carbonyl (C=O) groups is 3. The average molecular weight is 261 g/mol. The molecule has 1 N–H and O–H groups in total. The Morgan fingerprint density at radius 3 is 2.68 bits per heavy atom. The fraction of sp³-hybridized carbons (Fsp3) is 0.357. The maximum atomic E-state index is 12.0. The van der Waals surface area contributed by atoms with Gasteiger partial charge in [-0.1, -0.05) is 18.2 Å². The number of benzene rings is 1. The minimum absolute atomic E-state index is 0.000899. The lowest BCUT2D eigenvalue weighted by atomic mass is 9.84. The van der Waals surface area contributed by atoms with E-state index in [0.29, 0.717) is 5.69 Å². The Labute approximate surface area is 110 Å². The highest BCUT2D eigenvalue weighted by atomic mass is 16.5. The third-order valence-electron chi connectivity index (χ3n) is 3.25. The molecule has 0 radical (unpaired) electrons. The van der Waals surface area contributed by atoms with Crippen LogP contribution < -0.4 is 5.32 Å². The number of carbonyl (C=O) groups excluding carboxylic acids is 3. The highest BCUT2D eigenvalue weighted by molar-refractivity contribution is 6.05. The SMILES string of the molecule is COC(=O)C(CC(C)=O)C1C(=O)Nc2ccccc21. The Morgan fingerprint density at radius 1 is 1.37 bits per heavy atom. The van der Waals surface area contributed by atoms with Gasteiger partial charge >= 0.3 is 5.97 Å². The topological polar surface area (TPSA) is 72.5 Å². The lowest BCUT2D eigenvalue weighted by Gasteiger charge is -2.18. The summed E-state index contributed by atoms with van der Waals surface area (Å²) >= 11 is 0. The summed E-state index contributed by atoms with van der Waals surface area (Å²) in [6, 6.07) is 7.16.